The lowest BCUT2D eigenvalue weighted by molar-refractivity contribution is 0.102. The average molecular weight is 406 g/mol. The number of aromatic nitrogens is 3. The number of carbonyl (C=O) groups is 1. The Morgan fingerprint density at radius 3 is 2.73 bits per heavy atom. The maximum Gasteiger partial charge on any atom is 0.272 e. The van der Waals surface area contributed by atoms with E-state index in [9.17, 15) is 9.18 Å². The number of nitrogens with one attached hydrogen (secondary N) is 2. The lowest BCUT2D eigenvalue weighted by Crippen LogP contribution is -2.45. The summed E-state index contributed by atoms with van der Waals surface area (Å²) in [5, 5.41) is 3.36. The fourth-order valence-electron chi connectivity index (χ4n) is 4.00. The molecule has 1 fully saturated rings. The van der Waals surface area contributed by atoms with Crippen LogP contribution in [0.2, 0.25) is 0 Å². The van der Waals surface area contributed by atoms with Gasteiger partial charge in [-0.05, 0) is 31.7 Å². The Labute approximate surface area is 173 Å². The van der Waals surface area contributed by atoms with Gasteiger partial charge in [0.15, 0.2) is 0 Å². The number of imidazole rings is 1. The van der Waals surface area contributed by atoms with Crippen molar-refractivity contribution in [2.45, 2.75) is 6.92 Å². The van der Waals surface area contributed by atoms with Gasteiger partial charge in [0.1, 0.15) is 23.0 Å². The van der Waals surface area contributed by atoms with Gasteiger partial charge in [0.25, 0.3) is 5.91 Å². The normalized spacial score (nSPS) is 15.2. The lowest BCUT2D eigenvalue weighted by atomic mass is 10.1. The number of pyridine rings is 1. The van der Waals surface area contributed by atoms with Crippen LogP contribution in [0.1, 0.15) is 16.1 Å². The van der Waals surface area contributed by atoms with Crippen LogP contribution >= 0.6 is 0 Å². The van der Waals surface area contributed by atoms with E-state index in [1.165, 1.54) is 6.07 Å². The van der Waals surface area contributed by atoms with Crippen LogP contribution in [0.5, 0.6) is 0 Å². The molecule has 8 heteroatoms. The molecule has 1 saturated heterocycles. The molecular weight excluding hydrogens is 383 g/mol. The van der Waals surface area contributed by atoms with Crippen molar-refractivity contribution in [3.8, 4) is 0 Å². The number of benzene rings is 1. The number of fused-ring (bicyclic) bond motifs is 2. The van der Waals surface area contributed by atoms with Crippen LogP contribution in [-0.4, -0.2) is 58.4 Å². The second-order valence-corrected chi connectivity index (χ2v) is 7.84. The first kappa shape index (κ1) is 18.6. The third-order valence-electron chi connectivity index (χ3n) is 5.76. The Morgan fingerprint density at radius 2 is 1.97 bits per heavy atom. The maximum absolute atomic E-state index is 14.1. The lowest BCUT2D eigenvalue weighted by Gasteiger charge is -2.34. The maximum atomic E-state index is 14.1. The van der Waals surface area contributed by atoms with Crippen LogP contribution in [0.4, 0.5) is 15.9 Å². The number of anilines is 2. The molecule has 0 bridgehead atoms. The highest BCUT2D eigenvalue weighted by molar-refractivity contribution is 6.06. The summed E-state index contributed by atoms with van der Waals surface area (Å²) in [6.45, 7) is 5.65. The minimum Gasteiger partial charge on any atom is -0.355 e. The van der Waals surface area contributed by atoms with E-state index in [2.05, 4.69) is 32.1 Å². The second kappa shape index (κ2) is 7.14. The number of hydrogen-bond donors (Lipinski definition) is 2. The number of piperazine rings is 1. The number of hydrogen-bond acceptors (Lipinski definition) is 4. The number of aromatic amines is 1. The van der Waals surface area contributed by atoms with Crippen molar-refractivity contribution in [1.82, 2.24) is 19.3 Å². The van der Waals surface area contributed by atoms with E-state index in [4.69, 9.17) is 0 Å². The molecule has 0 aliphatic carbocycles. The van der Waals surface area contributed by atoms with E-state index in [0.29, 0.717) is 22.3 Å². The molecule has 3 aromatic heterocycles. The number of carbonyl (C=O) groups excluding carboxylic acids is 1. The highest BCUT2D eigenvalue weighted by atomic mass is 19.1. The molecule has 7 nitrogen and oxygen atoms in total. The summed E-state index contributed by atoms with van der Waals surface area (Å²) in [6, 6.07) is 8.48. The topological polar surface area (TPSA) is 68.7 Å². The van der Waals surface area contributed by atoms with Crippen molar-refractivity contribution >= 4 is 34.0 Å². The molecule has 5 rings (SSSR count). The molecule has 0 saturated carbocycles. The van der Waals surface area contributed by atoms with Crippen molar-refractivity contribution < 1.29 is 9.18 Å². The van der Waals surface area contributed by atoms with E-state index >= 15 is 0 Å². The second-order valence-electron chi connectivity index (χ2n) is 7.84. The molecule has 1 aliphatic heterocycles. The minimum atomic E-state index is -0.345. The number of likely N-dealkylation sites (N-methyl/N-ethyl adjacent to an activating group) is 1. The molecule has 2 N–H and O–H groups in total. The van der Waals surface area contributed by atoms with Gasteiger partial charge in [-0.25, -0.2) is 9.37 Å². The zero-order chi connectivity index (χ0) is 20.8. The Bertz CT molecular complexity index is 1210. The van der Waals surface area contributed by atoms with Crippen LogP contribution in [-0.2, 0) is 0 Å². The average Bonchev–Trinajstić information content (AvgIpc) is 3.39. The molecular formula is C22H23FN6O. The number of halogens is 1. The van der Waals surface area contributed by atoms with E-state index in [0.717, 1.165) is 43.2 Å². The van der Waals surface area contributed by atoms with Gasteiger partial charge in [0.2, 0.25) is 0 Å². The zero-order valence-electron chi connectivity index (χ0n) is 16.9. The summed E-state index contributed by atoms with van der Waals surface area (Å²) in [5.74, 6) is 0.333. The number of rotatable bonds is 3. The van der Waals surface area contributed by atoms with Crippen LogP contribution in [0.3, 0.4) is 0 Å². The molecule has 1 aliphatic rings. The monoisotopic (exact) mass is 406 g/mol. The summed E-state index contributed by atoms with van der Waals surface area (Å²) in [7, 11) is 2.12. The first-order valence-corrected chi connectivity index (χ1v) is 9.99. The molecule has 1 aromatic carbocycles. The van der Waals surface area contributed by atoms with Crippen molar-refractivity contribution in [3.63, 3.8) is 0 Å². The molecule has 0 atom stereocenters. The zero-order valence-corrected chi connectivity index (χ0v) is 16.9. The van der Waals surface area contributed by atoms with Gasteiger partial charge in [0, 0.05) is 61.8 Å². The van der Waals surface area contributed by atoms with Crippen LogP contribution in [0.25, 0.3) is 16.6 Å². The smallest absolute Gasteiger partial charge is 0.272 e. The van der Waals surface area contributed by atoms with Gasteiger partial charge in [0.05, 0.1) is 5.52 Å². The molecule has 154 valence electrons. The summed E-state index contributed by atoms with van der Waals surface area (Å²) in [5.41, 5.74) is 3.27. The summed E-state index contributed by atoms with van der Waals surface area (Å²) < 4.78 is 16.2. The quantitative estimate of drug-likeness (QED) is 0.548. The predicted molar refractivity (Wildman–Crippen MR) is 116 cm³/mol. The minimum absolute atomic E-state index is 0.315. The molecule has 4 heterocycles. The number of amides is 1. The Balaban J connectivity index is 1.47. The van der Waals surface area contributed by atoms with Crippen molar-refractivity contribution in [3.05, 3.63) is 59.8 Å². The van der Waals surface area contributed by atoms with Gasteiger partial charge in [-0.3, -0.25) is 9.20 Å². The van der Waals surface area contributed by atoms with Crippen LogP contribution < -0.4 is 10.2 Å². The van der Waals surface area contributed by atoms with Crippen LogP contribution in [0, 0.1) is 12.7 Å². The van der Waals surface area contributed by atoms with Gasteiger partial charge in [-0.15, -0.1) is 0 Å². The van der Waals surface area contributed by atoms with Crippen molar-refractivity contribution in [2.24, 2.45) is 0 Å². The Morgan fingerprint density at radius 1 is 1.17 bits per heavy atom. The molecule has 0 radical (unpaired) electrons. The van der Waals surface area contributed by atoms with Gasteiger partial charge >= 0.3 is 0 Å². The highest BCUT2D eigenvalue weighted by Crippen LogP contribution is 2.26. The molecule has 0 unspecified atom stereocenters. The highest BCUT2D eigenvalue weighted by Gasteiger charge is 2.19. The summed E-state index contributed by atoms with van der Waals surface area (Å²) in [4.78, 5) is 24.9. The number of nitrogens with zero attached hydrogens (tertiary/aromatic N) is 4. The third-order valence-corrected chi connectivity index (χ3v) is 5.76. The number of aryl methyl sites for hydroxylation is 1. The van der Waals surface area contributed by atoms with Gasteiger partial charge in [-0.2, -0.15) is 0 Å². The predicted octanol–water partition coefficient (Wildman–Crippen LogP) is 3.27. The largest absolute Gasteiger partial charge is 0.355 e. The molecule has 1 amide bonds. The van der Waals surface area contributed by atoms with Gasteiger partial charge < -0.3 is 20.1 Å². The van der Waals surface area contributed by atoms with E-state index in [1.54, 1.807) is 18.3 Å². The Hall–Kier alpha value is -3.39. The molecule has 30 heavy (non-hydrogen) atoms. The first-order valence-electron chi connectivity index (χ1n) is 9.99. The molecule has 0 spiro atoms. The first-order chi connectivity index (χ1) is 14.5. The Kier molecular flexibility index (Phi) is 4.43. The third kappa shape index (κ3) is 3.19. The van der Waals surface area contributed by atoms with E-state index in [1.807, 2.05) is 29.7 Å². The SMILES string of the molecule is Cc1ccc(F)c2cc(C(=O)Nc3cc(N4CCN(C)CC4)n4ccnc4c3)[nH]c12. The van der Waals surface area contributed by atoms with Crippen molar-refractivity contribution in [1.29, 1.82) is 0 Å². The van der Waals surface area contributed by atoms with Gasteiger partial charge in [-0.1, -0.05) is 6.07 Å². The van der Waals surface area contributed by atoms with E-state index in [-0.39, 0.29) is 11.7 Å². The summed E-state index contributed by atoms with van der Waals surface area (Å²) >= 11 is 0. The van der Waals surface area contributed by atoms with E-state index < -0.39 is 0 Å². The fourth-order valence-corrected chi connectivity index (χ4v) is 4.00. The number of H-pyrrole nitrogens is 1. The summed E-state index contributed by atoms with van der Waals surface area (Å²) in [6.07, 6.45) is 3.68. The van der Waals surface area contributed by atoms with Crippen molar-refractivity contribution in [2.75, 3.05) is 43.4 Å². The van der Waals surface area contributed by atoms with Crippen LogP contribution in [0.15, 0.2) is 42.7 Å². The standard InChI is InChI=1S/C22H23FN6O/c1-14-3-4-17(23)16-13-18(26-21(14)16)22(30)25-15-11-19-24-5-6-29(19)20(12-15)28-9-7-27(2)8-10-28/h3-6,11-13,26H,7-10H2,1-2H3,(H,25,30). The molecule has 4 aromatic rings. The fraction of sp³-hybridized carbons (Fsp3) is 0.273.